The van der Waals surface area contributed by atoms with Gasteiger partial charge in [-0.1, -0.05) is 12.1 Å². The highest BCUT2D eigenvalue weighted by Gasteiger charge is 2.22. The lowest BCUT2D eigenvalue weighted by molar-refractivity contribution is 0.0765. The highest BCUT2D eigenvalue weighted by molar-refractivity contribution is 6.16. The van der Waals surface area contributed by atoms with Gasteiger partial charge in [0.05, 0.1) is 70.3 Å². The van der Waals surface area contributed by atoms with Gasteiger partial charge < -0.3 is 43.7 Å². The zero-order chi connectivity index (χ0) is 38.6. The van der Waals surface area contributed by atoms with Crippen LogP contribution >= 0.6 is 0 Å². The van der Waals surface area contributed by atoms with Crippen LogP contribution < -0.4 is 14.5 Å². The number of aliphatic imine (C=N–C) groups is 2. The smallest absolute Gasteiger partial charge is 0.129 e. The number of benzene rings is 2. The Hall–Kier alpha value is -4.92. The van der Waals surface area contributed by atoms with Crippen LogP contribution in [0.2, 0.25) is 0 Å². The largest absolute Gasteiger partial charge is 0.508 e. The molecule has 13 nitrogen and oxygen atoms in total. The number of aliphatic hydroxyl groups is 1. The van der Waals surface area contributed by atoms with E-state index in [2.05, 4.69) is 53.8 Å². The maximum Gasteiger partial charge on any atom is 0.129 e. The molecule has 4 aliphatic rings. The summed E-state index contributed by atoms with van der Waals surface area (Å²) in [5.74, 6) is 3.05. The van der Waals surface area contributed by atoms with E-state index in [1.54, 1.807) is 33.3 Å². The first-order valence-corrected chi connectivity index (χ1v) is 18.8. The highest BCUT2D eigenvalue weighted by atomic mass is 16.5. The Morgan fingerprint density at radius 3 is 1.67 bits per heavy atom. The third kappa shape index (κ3) is 10.6. The zero-order valence-electron chi connectivity index (χ0n) is 32.2. The number of aromatic nitrogens is 2. The monoisotopic (exact) mass is 752 g/mol. The van der Waals surface area contributed by atoms with E-state index < -0.39 is 0 Å². The zero-order valence-corrected chi connectivity index (χ0v) is 32.2. The fourth-order valence-corrected chi connectivity index (χ4v) is 6.71. The number of ether oxygens (including phenoxy) is 5. The summed E-state index contributed by atoms with van der Waals surface area (Å²) in [5.41, 5.74) is 8.59. The molecule has 2 fully saturated rings. The standard InChI is InChI=1S/C21H25N3O3.C17H17N3O2.C4H10O2/c1-15(14-25-2)27-18-4-3-17-13-23-21(19(17)12-18)16-5-6-22-20(11-16)24-7-9-26-10-8-24;21-14-2-1-13-11-19-17(15(13)10-14)12-3-4-18-16(9-12)20-5-7-22-8-6-20;1-4(5)3-6-2/h3-6,11-12,15H,7-10,13-14H2,1-2H3;1-4,9-10,21H,5-8,11H2;4-5H,3H2,1-2H3. The minimum absolute atomic E-state index is 0.00342. The van der Waals surface area contributed by atoms with E-state index in [4.69, 9.17) is 29.0 Å². The fourth-order valence-electron chi connectivity index (χ4n) is 6.71. The van der Waals surface area contributed by atoms with Crippen molar-refractivity contribution in [3.63, 3.8) is 0 Å². The van der Waals surface area contributed by atoms with E-state index in [-0.39, 0.29) is 18.0 Å². The Morgan fingerprint density at radius 2 is 1.18 bits per heavy atom. The van der Waals surface area contributed by atoms with Gasteiger partial charge >= 0.3 is 0 Å². The molecule has 2 unspecified atom stereocenters. The van der Waals surface area contributed by atoms with Gasteiger partial charge in [-0.2, -0.15) is 0 Å². The van der Waals surface area contributed by atoms with Crippen molar-refractivity contribution >= 4 is 23.1 Å². The Balaban J connectivity index is 0.000000166. The number of phenols is 1. The lowest BCUT2D eigenvalue weighted by atomic mass is 10.0. The molecule has 2 N–H and O–H groups in total. The molecule has 0 radical (unpaired) electrons. The van der Waals surface area contributed by atoms with E-state index in [0.29, 0.717) is 26.3 Å². The second-order valence-corrected chi connectivity index (χ2v) is 13.7. The van der Waals surface area contributed by atoms with Crippen LogP contribution in [0, 0.1) is 0 Å². The number of fused-ring (bicyclic) bond motifs is 2. The third-order valence-corrected chi connectivity index (χ3v) is 9.35. The van der Waals surface area contributed by atoms with Crippen LogP contribution in [0.25, 0.3) is 0 Å². The summed E-state index contributed by atoms with van der Waals surface area (Å²) in [6.07, 6.45) is 3.36. The van der Waals surface area contributed by atoms with E-state index in [1.165, 1.54) is 5.56 Å². The molecule has 0 amide bonds. The van der Waals surface area contributed by atoms with Crippen molar-refractivity contribution < 1.29 is 33.9 Å². The van der Waals surface area contributed by atoms with Crippen molar-refractivity contribution in [2.75, 3.05) is 89.8 Å². The first-order chi connectivity index (χ1) is 26.8. The van der Waals surface area contributed by atoms with Crippen molar-refractivity contribution in [3.05, 3.63) is 106 Å². The number of aliphatic hydroxyl groups excluding tert-OH is 1. The molecular formula is C42H52N6O7. The Bertz CT molecular complexity index is 1920. The SMILES string of the molecule is COCC(C)O.COCC(C)Oc1ccc2c(c1)C(c1ccnc(N3CCOCC3)c1)=NC2.Oc1ccc2c(c1)C(c1ccnc(N3CCOCC3)c1)=NC2. The lowest BCUT2D eigenvalue weighted by Gasteiger charge is -2.28. The maximum atomic E-state index is 9.73. The van der Waals surface area contributed by atoms with Crippen molar-refractivity contribution in [1.82, 2.24) is 9.97 Å². The van der Waals surface area contributed by atoms with Crippen LogP contribution in [0.1, 0.15) is 47.2 Å². The molecule has 13 heteroatoms. The van der Waals surface area contributed by atoms with Gasteiger partial charge in [-0.3, -0.25) is 9.98 Å². The van der Waals surface area contributed by atoms with E-state index in [0.717, 1.165) is 109 Å². The number of phenolic OH excluding ortho intramolecular Hbond substituents is 1. The summed E-state index contributed by atoms with van der Waals surface area (Å²) in [6.45, 7) is 12.5. The van der Waals surface area contributed by atoms with Crippen molar-refractivity contribution in [3.8, 4) is 11.5 Å². The third-order valence-electron chi connectivity index (χ3n) is 9.35. The number of rotatable bonds is 10. The topological polar surface area (TPSA) is 144 Å². The quantitative estimate of drug-likeness (QED) is 0.233. The van der Waals surface area contributed by atoms with Gasteiger partial charge in [-0.25, -0.2) is 9.97 Å². The molecular weight excluding hydrogens is 700 g/mol. The molecule has 8 rings (SSSR count). The van der Waals surface area contributed by atoms with Crippen LogP contribution in [0.4, 0.5) is 11.6 Å². The van der Waals surface area contributed by atoms with Gasteiger partial charge in [0.2, 0.25) is 0 Å². The van der Waals surface area contributed by atoms with Crippen LogP contribution in [0.3, 0.4) is 0 Å². The van der Waals surface area contributed by atoms with Gasteiger partial charge in [0.15, 0.2) is 0 Å². The first-order valence-electron chi connectivity index (χ1n) is 18.8. The predicted octanol–water partition coefficient (Wildman–Crippen LogP) is 4.67. The van der Waals surface area contributed by atoms with Gasteiger partial charge in [-0.15, -0.1) is 0 Å². The number of anilines is 2. The van der Waals surface area contributed by atoms with Crippen LogP contribution in [-0.4, -0.2) is 124 Å². The molecule has 0 bridgehead atoms. The Morgan fingerprint density at radius 1 is 0.673 bits per heavy atom. The molecule has 2 saturated heterocycles. The molecule has 2 aromatic carbocycles. The average molecular weight is 753 g/mol. The molecule has 6 heterocycles. The predicted molar refractivity (Wildman–Crippen MR) is 213 cm³/mol. The minimum atomic E-state index is -0.324. The van der Waals surface area contributed by atoms with E-state index in [9.17, 15) is 5.11 Å². The average Bonchev–Trinajstić information content (AvgIpc) is 3.83. The Labute approximate surface area is 323 Å². The number of hydrogen-bond acceptors (Lipinski definition) is 13. The lowest BCUT2D eigenvalue weighted by Crippen LogP contribution is -2.36. The van der Waals surface area contributed by atoms with Gasteiger partial charge in [0.25, 0.3) is 0 Å². The second kappa shape index (κ2) is 19.6. The number of aromatic hydroxyl groups is 1. The Kier molecular flexibility index (Phi) is 14.2. The van der Waals surface area contributed by atoms with Crippen LogP contribution in [-0.2, 0) is 32.0 Å². The van der Waals surface area contributed by atoms with Crippen molar-refractivity contribution in [2.24, 2.45) is 9.98 Å². The number of pyridine rings is 2. The normalized spacial score (nSPS) is 17.0. The second-order valence-electron chi connectivity index (χ2n) is 13.7. The fraction of sp³-hybridized carbons (Fsp3) is 0.429. The number of methoxy groups -OCH3 is 2. The first kappa shape index (κ1) is 39.8. The molecule has 4 aliphatic heterocycles. The van der Waals surface area contributed by atoms with Gasteiger partial charge in [0.1, 0.15) is 29.2 Å². The minimum Gasteiger partial charge on any atom is -0.508 e. The van der Waals surface area contributed by atoms with Crippen LogP contribution in [0.5, 0.6) is 11.5 Å². The van der Waals surface area contributed by atoms with E-state index >= 15 is 0 Å². The molecule has 55 heavy (non-hydrogen) atoms. The highest BCUT2D eigenvalue weighted by Crippen LogP contribution is 2.30. The summed E-state index contributed by atoms with van der Waals surface area (Å²) in [5, 5.41) is 18.2. The maximum absolute atomic E-state index is 9.73. The van der Waals surface area contributed by atoms with Gasteiger partial charge in [-0.05, 0) is 73.5 Å². The molecule has 2 aromatic heterocycles. The molecule has 0 saturated carbocycles. The van der Waals surface area contributed by atoms with Crippen molar-refractivity contribution in [2.45, 2.75) is 39.1 Å². The summed E-state index contributed by atoms with van der Waals surface area (Å²) < 4.78 is 26.5. The molecule has 0 aliphatic carbocycles. The summed E-state index contributed by atoms with van der Waals surface area (Å²) in [6, 6.07) is 19.8. The molecule has 0 spiro atoms. The summed E-state index contributed by atoms with van der Waals surface area (Å²) in [4.78, 5) is 22.9. The number of nitrogens with zero attached hydrogens (tertiary/aromatic N) is 6. The number of hydrogen-bond donors (Lipinski definition) is 2. The van der Waals surface area contributed by atoms with Gasteiger partial charge in [0, 0.05) is 75.0 Å². The molecule has 292 valence electrons. The summed E-state index contributed by atoms with van der Waals surface area (Å²) >= 11 is 0. The van der Waals surface area contributed by atoms with E-state index in [1.807, 2.05) is 43.6 Å². The number of morpholine rings is 2. The molecule has 2 atom stereocenters. The summed E-state index contributed by atoms with van der Waals surface area (Å²) in [7, 11) is 3.25. The van der Waals surface area contributed by atoms with Crippen LogP contribution in [0.15, 0.2) is 83.0 Å². The van der Waals surface area contributed by atoms with Crippen molar-refractivity contribution in [1.29, 1.82) is 0 Å². The molecule has 4 aromatic rings.